The van der Waals surface area contributed by atoms with Crippen molar-refractivity contribution in [3.63, 3.8) is 0 Å². The lowest BCUT2D eigenvalue weighted by Gasteiger charge is -2.14. The Bertz CT molecular complexity index is 349. The fourth-order valence-corrected chi connectivity index (χ4v) is 1.65. The van der Waals surface area contributed by atoms with Gasteiger partial charge in [0.05, 0.1) is 7.11 Å². The van der Waals surface area contributed by atoms with Crippen molar-refractivity contribution in [2.75, 3.05) is 7.11 Å². The van der Waals surface area contributed by atoms with Gasteiger partial charge < -0.3 is 10.1 Å². The Morgan fingerprint density at radius 2 is 2.20 bits per heavy atom. The number of methoxy groups -OCH3 is 1. The van der Waals surface area contributed by atoms with Crippen LogP contribution in [0.4, 0.5) is 4.39 Å². The first-order valence-corrected chi connectivity index (χ1v) is 5.30. The maximum Gasteiger partial charge on any atom is 0.165 e. The molecule has 1 fully saturated rings. The zero-order valence-electron chi connectivity index (χ0n) is 9.09. The molecule has 2 nitrogen and oxygen atoms in total. The van der Waals surface area contributed by atoms with E-state index in [1.165, 1.54) is 26.0 Å². The molecule has 1 unspecified atom stereocenters. The summed E-state index contributed by atoms with van der Waals surface area (Å²) in [6.45, 7) is 2.09. The lowest BCUT2D eigenvalue weighted by atomic mass is 10.1. The van der Waals surface area contributed by atoms with Crippen molar-refractivity contribution >= 4 is 0 Å². The predicted octanol–water partition coefficient (Wildman–Crippen LogP) is 2.65. The first-order chi connectivity index (χ1) is 7.20. The Hall–Kier alpha value is -1.09. The third-order valence-corrected chi connectivity index (χ3v) is 2.74. The molecule has 15 heavy (non-hydrogen) atoms. The van der Waals surface area contributed by atoms with Crippen molar-refractivity contribution in [3.05, 3.63) is 29.6 Å². The molecule has 1 aromatic carbocycles. The molecule has 1 aliphatic carbocycles. The van der Waals surface area contributed by atoms with E-state index < -0.39 is 0 Å². The highest BCUT2D eigenvalue weighted by atomic mass is 19.1. The monoisotopic (exact) mass is 209 g/mol. The number of ether oxygens (including phenoxy) is 1. The van der Waals surface area contributed by atoms with E-state index in [0.717, 1.165) is 5.56 Å². The Morgan fingerprint density at radius 1 is 1.47 bits per heavy atom. The second kappa shape index (κ2) is 4.19. The molecular formula is C12H16FNO. The van der Waals surface area contributed by atoms with Crippen LogP contribution in [0.5, 0.6) is 5.75 Å². The van der Waals surface area contributed by atoms with Gasteiger partial charge in [0.2, 0.25) is 0 Å². The molecule has 1 atom stereocenters. The van der Waals surface area contributed by atoms with Crippen LogP contribution in [0.15, 0.2) is 18.2 Å². The standard InChI is InChI=1S/C12H16FNO/c1-8(14-10-4-5-10)9-3-6-11(13)12(7-9)15-2/h3,6-8,10,14H,4-5H2,1-2H3. The quantitative estimate of drug-likeness (QED) is 0.823. The van der Waals surface area contributed by atoms with Crippen LogP contribution in [0, 0.1) is 5.82 Å². The number of benzene rings is 1. The van der Waals surface area contributed by atoms with Gasteiger partial charge in [-0.05, 0) is 37.5 Å². The normalized spacial score (nSPS) is 17.5. The van der Waals surface area contributed by atoms with Crippen LogP contribution in [0.2, 0.25) is 0 Å². The van der Waals surface area contributed by atoms with Gasteiger partial charge in [-0.3, -0.25) is 0 Å². The van der Waals surface area contributed by atoms with Gasteiger partial charge in [0.25, 0.3) is 0 Å². The molecule has 1 aliphatic rings. The first kappa shape index (κ1) is 10.4. The van der Waals surface area contributed by atoms with E-state index in [1.54, 1.807) is 12.1 Å². The SMILES string of the molecule is COc1cc(C(C)NC2CC2)ccc1F. The maximum absolute atomic E-state index is 13.2. The zero-order chi connectivity index (χ0) is 10.8. The molecule has 3 heteroatoms. The summed E-state index contributed by atoms with van der Waals surface area (Å²) in [5.74, 6) is 0.0109. The van der Waals surface area contributed by atoms with Crippen molar-refractivity contribution in [1.29, 1.82) is 0 Å². The minimum Gasteiger partial charge on any atom is -0.494 e. The summed E-state index contributed by atoms with van der Waals surface area (Å²) >= 11 is 0. The van der Waals surface area contributed by atoms with E-state index in [0.29, 0.717) is 11.8 Å². The summed E-state index contributed by atoms with van der Waals surface area (Å²) in [4.78, 5) is 0. The van der Waals surface area contributed by atoms with Gasteiger partial charge in [0.15, 0.2) is 11.6 Å². The Kier molecular flexibility index (Phi) is 2.91. The van der Waals surface area contributed by atoms with Gasteiger partial charge in [-0.25, -0.2) is 4.39 Å². The lowest BCUT2D eigenvalue weighted by Crippen LogP contribution is -2.20. The van der Waals surface area contributed by atoms with Crippen molar-refractivity contribution in [3.8, 4) is 5.75 Å². The maximum atomic E-state index is 13.2. The van der Waals surface area contributed by atoms with E-state index in [4.69, 9.17) is 4.74 Å². The highest BCUT2D eigenvalue weighted by Gasteiger charge is 2.23. The molecule has 0 heterocycles. The molecule has 82 valence electrons. The van der Waals surface area contributed by atoms with Gasteiger partial charge in [-0.1, -0.05) is 6.07 Å². The molecule has 1 N–H and O–H groups in total. The minimum absolute atomic E-state index is 0.256. The fourth-order valence-electron chi connectivity index (χ4n) is 1.65. The lowest BCUT2D eigenvalue weighted by molar-refractivity contribution is 0.385. The van der Waals surface area contributed by atoms with Gasteiger partial charge in [0, 0.05) is 12.1 Å². The molecule has 1 saturated carbocycles. The van der Waals surface area contributed by atoms with Crippen LogP contribution in [0.1, 0.15) is 31.4 Å². The minimum atomic E-state index is -0.306. The highest BCUT2D eigenvalue weighted by molar-refractivity contribution is 5.32. The third kappa shape index (κ3) is 2.48. The predicted molar refractivity (Wildman–Crippen MR) is 57.5 cm³/mol. The summed E-state index contributed by atoms with van der Waals surface area (Å²) in [6.07, 6.45) is 2.51. The van der Waals surface area contributed by atoms with Crippen LogP contribution in [0.25, 0.3) is 0 Å². The van der Waals surface area contributed by atoms with Crippen molar-refractivity contribution in [1.82, 2.24) is 5.32 Å². The molecular weight excluding hydrogens is 193 g/mol. The van der Waals surface area contributed by atoms with E-state index in [9.17, 15) is 4.39 Å². The highest BCUT2D eigenvalue weighted by Crippen LogP contribution is 2.26. The molecule has 0 aliphatic heterocycles. The Morgan fingerprint density at radius 3 is 2.80 bits per heavy atom. The second-order valence-corrected chi connectivity index (χ2v) is 4.06. The average Bonchev–Trinajstić information content (AvgIpc) is 3.02. The van der Waals surface area contributed by atoms with Crippen LogP contribution < -0.4 is 10.1 Å². The smallest absolute Gasteiger partial charge is 0.165 e. The van der Waals surface area contributed by atoms with Crippen LogP contribution in [-0.2, 0) is 0 Å². The summed E-state index contributed by atoms with van der Waals surface area (Å²) in [5, 5.41) is 3.46. The molecule has 0 bridgehead atoms. The summed E-state index contributed by atoms with van der Waals surface area (Å²) in [5.41, 5.74) is 1.07. The summed E-state index contributed by atoms with van der Waals surface area (Å²) < 4.78 is 18.1. The van der Waals surface area contributed by atoms with Crippen LogP contribution >= 0.6 is 0 Å². The number of hydrogen-bond donors (Lipinski definition) is 1. The average molecular weight is 209 g/mol. The van der Waals surface area contributed by atoms with E-state index in [1.807, 2.05) is 0 Å². The number of halogens is 1. The molecule has 0 spiro atoms. The molecule has 0 radical (unpaired) electrons. The number of rotatable bonds is 4. The molecule has 1 aromatic rings. The number of hydrogen-bond acceptors (Lipinski definition) is 2. The Labute approximate surface area is 89.4 Å². The van der Waals surface area contributed by atoms with Gasteiger partial charge >= 0.3 is 0 Å². The van der Waals surface area contributed by atoms with Crippen LogP contribution in [0.3, 0.4) is 0 Å². The van der Waals surface area contributed by atoms with Crippen molar-refractivity contribution < 1.29 is 9.13 Å². The fraction of sp³-hybridized carbons (Fsp3) is 0.500. The Balaban J connectivity index is 2.12. The molecule has 0 saturated heterocycles. The van der Waals surface area contributed by atoms with Crippen molar-refractivity contribution in [2.45, 2.75) is 31.8 Å². The van der Waals surface area contributed by atoms with Gasteiger partial charge in [-0.2, -0.15) is 0 Å². The largest absolute Gasteiger partial charge is 0.494 e. The second-order valence-electron chi connectivity index (χ2n) is 4.06. The summed E-state index contributed by atoms with van der Waals surface area (Å²) in [7, 11) is 1.49. The molecule has 0 aromatic heterocycles. The van der Waals surface area contributed by atoms with Crippen LogP contribution in [-0.4, -0.2) is 13.2 Å². The number of nitrogens with one attached hydrogen (secondary N) is 1. The molecule has 2 rings (SSSR count). The third-order valence-electron chi connectivity index (χ3n) is 2.74. The summed E-state index contributed by atoms with van der Waals surface area (Å²) in [6, 6.07) is 5.93. The zero-order valence-corrected chi connectivity index (χ0v) is 9.09. The van der Waals surface area contributed by atoms with E-state index in [2.05, 4.69) is 12.2 Å². The van der Waals surface area contributed by atoms with E-state index in [-0.39, 0.29) is 11.9 Å². The molecule has 0 amide bonds. The first-order valence-electron chi connectivity index (χ1n) is 5.30. The van der Waals surface area contributed by atoms with E-state index >= 15 is 0 Å². The van der Waals surface area contributed by atoms with Crippen molar-refractivity contribution in [2.24, 2.45) is 0 Å². The topological polar surface area (TPSA) is 21.3 Å². The van der Waals surface area contributed by atoms with Gasteiger partial charge in [0.1, 0.15) is 0 Å². The van der Waals surface area contributed by atoms with Gasteiger partial charge in [-0.15, -0.1) is 0 Å².